The number of rotatable bonds is 5. The van der Waals surface area contributed by atoms with Crippen LogP contribution in [-0.4, -0.2) is 16.5 Å². The topological polar surface area (TPSA) is 37.8 Å². The smallest absolute Gasteiger partial charge is 0.171 e. The Morgan fingerprint density at radius 2 is 2.11 bits per heavy atom. The van der Waals surface area contributed by atoms with Gasteiger partial charge < -0.3 is 5.32 Å². The summed E-state index contributed by atoms with van der Waals surface area (Å²) in [5, 5.41) is 3.33. The van der Waals surface area contributed by atoms with Gasteiger partial charge in [0.1, 0.15) is 5.82 Å². The summed E-state index contributed by atoms with van der Waals surface area (Å²) in [4.78, 5) is 10.2. The van der Waals surface area contributed by atoms with E-state index in [1.165, 1.54) is 11.3 Å². The van der Waals surface area contributed by atoms with Crippen LogP contribution in [0.2, 0.25) is 4.34 Å². The molecular formula is C13H15BrClN3S. The largest absolute Gasteiger partial charge is 0.369 e. The maximum Gasteiger partial charge on any atom is 0.171 e. The van der Waals surface area contributed by atoms with E-state index in [0.717, 1.165) is 50.4 Å². The molecule has 6 heteroatoms. The predicted molar refractivity (Wildman–Crippen MR) is 86.2 cm³/mol. The van der Waals surface area contributed by atoms with E-state index in [1.54, 1.807) is 0 Å². The number of thiophene rings is 1. The van der Waals surface area contributed by atoms with Gasteiger partial charge in [-0.1, -0.05) is 25.4 Å². The van der Waals surface area contributed by atoms with Gasteiger partial charge >= 0.3 is 0 Å². The molecule has 2 rings (SSSR count). The maximum absolute atomic E-state index is 5.98. The fraction of sp³-hybridized carbons (Fsp3) is 0.385. The fourth-order valence-corrected chi connectivity index (χ4v) is 3.21. The molecule has 0 radical (unpaired) electrons. The van der Waals surface area contributed by atoms with Crippen molar-refractivity contribution in [2.24, 2.45) is 0 Å². The van der Waals surface area contributed by atoms with Crippen LogP contribution in [0.25, 0.3) is 10.7 Å². The monoisotopic (exact) mass is 359 g/mol. The zero-order valence-electron chi connectivity index (χ0n) is 10.8. The minimum absolute atomic E-state index is 0.732. The lowest BCUT2D eigenvalue weighted by Gasteiger charge is -2.11. The Morgan fingerprint density at radius 3 is 2.68 bits per heavy atom. The minimum Gasteiger partial charge on any atom is -0.369 e. The van der Waals surface area contributed by atoms with Crippen molar-refractivity contribution in [3.8, 4) is 10.7 Å². The first-order valence-electron chi connectivity index (χ1n) is 6.21. The van der Waals surface area contributed by atoms with Crippen molar-refractivity contribution >= 4 is 44.7 Å². The number of hydrogen-bond acceptors (Lipinski definition) is 4. The van der Waals surface area contributed by atoms with E-state index in [1.807, 2.05) is 12.1 Å². The molecule has 19 heavy (non-hydrogen) atoms. The zero-order chi connectivity index (χ0) is 13.8. The van der Waals surface area contributed by atoms with Crippen molar-refractivity contribution in [1.82, 2.24) is 9.97 Å². The van der Waals surface area contributed by atoms with Gasteiger partial charge in [0, 0.05) is 6.54 Å². The Kier molecular flexibility index (Phi) is 5.19. The van der Waals surface area contributed by atoms with Crippen LogP contribution >= 0.6 is 38.9 Å². The van der Waals surface area contributed by atoms with Crippen LogP contribution in [0.4, 0.5) is 5.82 Å². The first-order chi connectivity index (χ1) is 9.15. The van der Waals surface area contributed by atoms with Gasteiger partial charge in [0.05, 0.1) is 19.4 Å². The Hall–Kier alpha value is -0.650. The van der Waals surface area contributed by atoms with Crippen molar-refractivity contribution in [2.45, 2.75) is 26.7 Å². The molecule has 1 N–H and O–H groups in total. The molecule has 0 saturated heterocycles. The van der Waals surface area contributed by atoms with Crippen molar-refractivity contribution in [2.75, 3.05) is 11.9 Å². The average molecular weight is 361 g/mol. The van der Waals surface area contributed by atoms with Crippen molar-refractivity contribution in [1.29, 1.82) is 0 Å². The number of hydrogen-bond donors (Lipinski definition) is 1. The Balaban J connectivity index is 2.44. The van der Waals surface area contributed by atoms with E-state index in [0.29, 0.717) is 0 Å². The second-order valence-corrected chi connectivity index (χ2v) is 6.55. The normalized spacial score (nSPS) is 10.7. The molecule has 0 aliphatic rings. The second kappa shape index (κ2) is 6.68. The maximum atomic E-state index is 5.98. The van der Waals surface area contributed by atoms with E-state index in [4.69, 9.17) is 11.6 Å². The molecule has 0 saturated carbocycles. The molecule has 2 heterocycles. The first-order valence-corrected chi connectivity index (χ1v) is 8.20. The fourth-order valence-electron chi connectivity index (χ4n) is 1.63. The van der Waals surface area contributed by atoms with E-state index < -0.39 is 0 Å². The quantitative estimate of drug-likeness (QED) is 0.815. The Morgan fingerprint density at radius 1 is 1.32 bits per heavy atom. The number of aromatic nitrogens is 2. The summed E-state index contributed by atoms with van der Waals surface area (Å²) in [5.41, 5.74) is 1.01. The molecule has 102 valence electrons. The second-order valence-electron chi connectivity index (χ2n) is 4.04. The Bertz CT molecular complexity index is 571. The molecule has 2 aromatic rings. The summed E-state index contributed by atoms with van der Waals surface area (Å²) in [5.74, 6) is 1.59. The van der Waals surface area contributed by atoms with Gasteiger partial charge in [-0.25, -0.2) is 9.97 Å². The lowest BCUT2D eigenvalue weighted by atomic mass is 10.3. The number of aryl methyl sites for hydroxylation is 1. The molecule has 0 aliphatic heterocycles. The molecule has 0 fully saturated rings. The lowest BCUT2D eigenvalue weighted by Crippen LogP contribution is -2.06. The van der Waals surface area contributed by atoms with Crippen LogP contribution in [0.3, 0.4) is 0 Å². The lowest BCUT2D eigenvalue weighted by molar-refractivity contribution is 0.945. The van der Waals surface area contributed by atoms with Crippen LogP contribution in [-0.2, 0) is 6.42 Å². The molecule has 3 nitrogen and oxygen atoms in total. The average Bonchev–Trinajstić information content (AvgIpc) is 2.84. The molecular weight excluding hydrogens is 346 g/mol. The summed E-state index contributed by atoms with van der Waals surface area (Å²) >= 11 is 11.0. The third-order valence-electron chi connectivity index (χ3n) is 2.59. The van der Waals surface area contributed by atoms with E-state index in [2.05, 4.69) is 45.1 Å². The van der Waals surface area contributed by atoms with Crippen LogP contribution in [0.5, 0.6) is 0 Å². The van der Waals surface area contributed by atoms with Gasteiger partial charge in [-0.05, 0) is 40.9 Å². The molecule has 0 aliphatic carbocycles. The highest BCUT2D eigenvalue weighted by Crippen LogP contribution is 2.32. The number of nitrogens with one attached hydrogen (secondary N) is 1. The summed E-state index contributed by atoms with van der Waals surface area (Å²) in [6, 6.07) is 3.83. The summed E-state index contributed by atoms with van der Waals surface area (Å²) in [6.45, 7) is 5.11. The third kappa shape index (κ3) is 3.46. The molecule has 0 aromatic carbocycles. The highest BCUT2D eigenvalue weighted by atomic mass is 79.9. The van der Waals surface area contributed by atoms with Crippen molar-refractivity contribution in [3.05, 3.63) is 26.6 Å². The van der Waals surface area contributed by atoms with Gasteiger partial charge in [0.2, 0.25) is 0 Å². The molecule has 2 aromatic heterocycles. The number of anilines is 1. The number of halogens is 2. The van der Waals surface area contributed by atoms with Crippen LogP contribution in [0.1, 0.15) is 26.0 Å². The highest BCUT2D eigenvalue weighted by molar-refractivity contribution is 9.10. The number of nitrogens with zero attached hydrogens (tertiary/aromatic N) is 2. The molecule has 0 amide bonds. The van der Waals surface area contributed by atoms with E-state index in [9.17, 15) is 0 Å². The van der Waals surface area contributed by atoms with Crippen molar-refractivity contribution in [3.63, 3.8) is 0 Å². The summed E-state index contributed by atoms with van der Waals surface area (Å²) in [7, 11) is 0. The van der Waals surface area contributed by atoms with Gasteiger partial charge in [-0.15, -0.1) is 11.3 Å². The van der Waals surface area contributed by atoms with Gasteiger partial charge in [0.25, 0.3) is 0 Å². The van der Waals surface area contributed by atoms with Gasteiger partial charge in [-0.3, -0.25) is 0 Å². The molecule has 0 atom stereocenters. The van der Waals surface area contributed by atoms with Crippen LogP contribution in [0.15, 0.2) is 16.6 Å². The van der Waals surface area contributed by atoms with Crippen molar-refractivity contribution < 1.29 is 0 Å². The highest BCUT2D eigenvalue weighted by Gasteiger charge is 2.13. The first kappa shape index (κ1) is 14.8. The molecule has 0 bridgehead atoms. The van der Waals surface area contributed by atoms with Gasteiger partial charge in [-0.2, -0.15) is 0 Å². The standard InChI is InChI=1S/C13H15BrClN3S/c1-3-7-16-13-11(14)8(4-2)17-12(18-13)9-5-6-10(15)19-9/h5-6H,3-4,7H2,1-2H3,(H,16,17,18). The predicted octanol–water partition coefficient (Wildman–Crippen LogP) is 5.01. The van der Waals surface area contributed by atoms with Gasteiger partial charge in [0.15, 0.2) is 5.82 Å². The zero-order valence-corrected chi connectivity index (χ0v) is 14.0. The van der Waals surface area contributed by atoms with Crippen LogP contribution in [0, 0.1) is 0 Å². The molecule has 0 unspecified atom stereocenters. The SMILES string of the molecule is CCCNc1nc(-c2ccc(Cl)s2)nc(CC)c1Br. The molecule has 0 spiro atoms. The minimum atomic E-state index is 0.732. The Labute approximate surface area is 130 Å². The van der Waals surface area contributed by atoms with E-state index >= 15 is 0 Å². The summed E-state index contributed by atoms with van der Waals surface area (Å²) in [6.07, 6.45) is 1.91. The summed E-state index contributed by atoms with van der Waals surface area (Å²) < 4.78 is 1.71. The van der Waals surface area contributed by atoms with Crippen LogP contribution < -0.4 is 5.32 Å². The van der Waals surface area contributed by atoms with E-state index in [-0.39, 0.29) is 0 Å². The third-order valence-corrected chi connectivity index (χ3v) is 4.65.